The van der Waals surface area contributed by atoms with Crippen molar-refractivity contribution in [1.29, 1.82) is 0 Å². The first kappa shape index (κ1) is 22.4. The van der Waals surface area contributed by atoms with Gasteiger partial charge in [-0.05, 0) is 39.5 Å². The van der Waals surface area contributed by atoms with E-state index in [1.54, 1.807) is 13.8 Å². The molecule has 25 heavy (non-hydrogen) atoms. The largest absolute Gasteiger partial charge is 0.466 e. The molecule has 0 radical (unpaired) electrons. The predicted molar refractivity (Wildman–Crippen MR) is 89.2 cm³/mol. The third-order valence-corrected chi connectivity index (χ3v) is 3.30. The van der Waals surface area contributed by atoms with Gasteiger partial charge in [-0.25, -0.2) is 4.79 Å². The smallest absolute Gasteiger partial charge is 0.330 e. The van der Waals surface area contributed by atoms with E-state index in [2.05, 4.69) is 16.6 Å². The molecule has 0 atom stereocenters. The minimum atomic E-state index is -1.72. The van der Waals surface area contributed by atoms with E-state index in [1.807, 2.05) is 0 Å². The van der Waals surface area contributed by atoms with Crippen LogP contribution in [0.15, 0.2) is 12.2 Å². The average molecular weight is 352 g/mol. The minimum Gasteiger partial charge on any atom is -0.466 e. The van der Waals surface area contributed by atoms with Crippen molar-refractivity contribution in [2.24, 2.45) is 5.41 Å². The molecule has 0 amide bonds. The highest BCUT2D eigenvalue weighted by Crippen LogP contribution is 2.33. The number of ether oxygens (including phenoxy) is 3. The number of methoxy groups -OCH3 is 1. The maximum Gasteiger partial charge on any atom is 0.330 e. The summed E-state index contributed by atoms with van der Waals surface area (Å²) < 4.78 is 14.5. The fourth-order valence-electron chi connectivity index (χ4n) is 2.05. The second-order valence-electron chi connectivity index (χ2n) is 4.95. The minimum absolute atomic E-state index is 0.0589. The SMILES string of the molecule is CC#CC(=O)CCC(C/C=C/C(=O)OC)(C(=O)OCC)C(=O)OCC. The second-order valence-corrected chi connectivity index (χ2v) is 4.95. The molecule has 0 rings (SSSR count). The Morgan fingerprint density at radius 2 is 1.60 bits per heavy atom. The average Bonchev–Trinajstić information content (AvgIpc) is 2.58. The lowest BCUT2D eigenvalue weighted by molar-refractivity contribution is -0.172. The first-order valence-corrected chi connectivity index (χ1v) is 7.92. The van der Waals surface area contributed by atoms with Crippen LogP contribution in [0, 0.1) is 17.3 Å². The summed E-state index contributed by atoms with van der Waals surface area (Å²) >= 11 is 0. The van der Waals surface area contributed by atoms with Crippen LogP contribution in [0.4, 0.5) is 0 Å². The molecule has 0 aliphatic heterocycles. The van der Waals surface area contributed by atoms with Crippen LogP contribution >= 0.6 is 0 Å². The Labute approximate surface area is 147 Å². The van der Waals surface area contributed by atoms with Crippen LogP contribution in [0.5, 0.6) is 0 Å². The molecule has 0 saturated carbocycles. The van der Waals surface area contributed by atoms with Crippen molar-refractivity contribution < 1.29 is 33.4 Å². The van der Waals surface area contributed by atoms with Gasteiger partial charge in [-0.3, -0.25) is 14.4 Å². The lowest BCUT2D eigenvalue weighted by Crippen LogP contribution is -2.42. The molecule has 0 aliphatic carbocycles. The van der Waals surface area contributed by atoms with E-state index >= 15 is 0 Å². The summed E-state index contributed by atoms with van der Waals surface area (Å²) in [5.41, 5.74) is -1.72. The monoisotopic (exact) mass is 352 g/mol. The van der Waals surface area contributed by atoms with E-state index < -0.39 is 29.1 Å². The van der Waals surface area contributed by atoms with Crippen molar-refractivity contribution >= 4 is 23.7 Å². The number of carbonyl (C=O) groups is 4. The Hall–Kier alpha value is -2.62. The molecule has 0 bridgehead atoms. The second kappa shape index (κ2) is 11.8. The Kier molecular flexibility index (Phi) is 10.6. The number of hydrogen-bond donors (Lipinski definition) is 0. The van der Waals surface area contributed by atoms with Crippen molar-refractivity contribution in [3.8, 4) is 11.8 Å². The first-order valence-electron chi connectivity index (χ1n) is 7.92. The molecule has 0 fully saturated rings. The van der Waals surface area contributed by atoms with E-state index in [9.17, 15) is 19.2 Å². The van der Waals surface area contributed by atoms with Gasteiger partial charge in [0.1, 0.15) is 0 Å². The fourth-order valence-corrected chi connectivity index (χ4v) is 2.05. The summed E-state index contributed by atoms with van der Waals surface area (Å²) in [5, 5.41) is 0. The van der Waals surface area contributed by atoms with E-state index in [1.165, 1.54) is 20.1 Å². The number of esters is 3. The molecule has 0 heterocycles. The molecule has 0 aromatic heterocycles. The Morgan fingerprint density at radius 1 is 1.04 bits per heavy atom. The molecule has 7 heteroatoms. The highest BCUT2D eigenvalue weighted by atomic mass is 16.6. The Morgan fingerprint density at radius 3 is 2.04 bits per heavy atom. The van der Waals surface area contributed by atoms with Crippen LogP contribution in [-0.4, -0.2) is 44.0 Å². The summed E-state index contributed by atoms with van der Waals surface area (Å²) in [5.74, 6) is 2.18. The van der Waals surface area contributed by atoms with Gasteiger partial charge >= 0.3 is 17.9 Å². The zero-order valence-corrected chi connectivity index (χ0v) is 15.0. The molecule has 0 aliphatic rings. The van der Waals surface area contributed by atoms with Gasteiger partial charge in [-0.15, -0.1) is 0 Å². The molecular formula is C18H24O7. The van der Waals surface area contributed by atoms with Gasteiger partial charge in [0.25, 0.3) is 0 Å². The van der Waals surface area contributed by atoms with Gasteiger partial charge in [0.2, 0.25) is 5.78 Å². The summed E-state index contributed by atoms with van der Waals surface area (Å²) in [7, 11) is 1.21. The molecule has 0 saturated heterocycles. The van der Waals surface area contributed by atoms with E-state index in [-0.39, 0.29) is 32.5 Å². The predicted octanol–water partition coefficient (Wildman–Crippen LogP) is 1.59. The van der Waals surface area contributed by atoms with Crippen molar-refractivity contribution in [2.75, 3.05) is 20.3 Å². The number of hydrogen-bond acceptors (Lipinski definition) is 7. The van der Waals surface area contributed by atoms with Crippen LogP contribution in [0.1, 0.15) is 40.0 Å². The Bertz CT molecular complexity index is 560. The normalized spacial score (nSPS) is 10.6. The number of allylic oxidation sites excluding steroid dienone is 1. The van der Waals surface area contributed by atoms with E-state index in [0.29, 0.717) is 0 Å². The zero-order valence-electron chi connectivity index (χ0n) is 15.0. The van der Waals surface area contributed by atoms with Crippen molar-refractivity contribution in [3.63, 3.8) is 0 Å². The van der Waals surface area contributed by atoms with Crippen LogP contribution in [0.2, 0.25) is 0 Å². The van der Waals surface area contributed by atoms with Gasteiger partial charge in [-0.1, -0.05) is 12.0 Å². The maximum atomic E-state index is 12.5. The number of Topliss-reactive ketones (excluding diaryl/α,β-unsaturated/α-hetero) is 1. The summed E-state index contributed by atoms with van der Waals surface area (Å²) in [6.45, 7) is 4.84. The number of rotatable bonds is 10. The highest BCUT2D eigenvalue weighted by Gasteiger charge is 2.48. The maximum absolute atomic E-state index is 12.5. The summed E-state index contributed by atoms with van der Waals surface area (Å²) in [6.07, 6.45) is 2.01. The molecule has 0 aromatic rings. The molecule has 0 aromatic carbocycles. The van der Waals surface area contributed by atoms with Gasteiger partial charge in [0.05, 0.1) is 20.3 Å². The highest BCUT2D eigenvalue weighted by molar-refractivity contribution is 6.02. The van der Waals surface area contributed by atoms with Gasteiger partial charge in [0.15, 0.2) is 5.41 Å². The number of carbonyl (C=O) groups excluding carboxylic acids is 4. The van der Waals surface area contributed by atoms with E-state index in [0.717, 1.165) is 6.08 Å². The van der Waals surface area contributed by atoms with Crippen molar-refractivity contribution in [3.05, 3.63) is 12.2 Å². The van der Waals surface area contributed by atoms with Crippen LogP contribution in [0.25, 0.3) is 0 Å². The van der Waals surface area contributed by atoms with Crippen molar-refractivity contribution in [2.45, 2.75) is 40.0 Å². The fraction of sp³-hybridized carbons (Fsp3) is 0.556. The zero-order chi connectivity index (χ0) is 19.3. The third-order valence-electron chi connectivity index (χ3n) is 3.30. The quantitative estimate of drug-likeness (QED) is 0.147. The van der Waals surface area contributed by atoms with Crippen molar-refractivity contribution in [1.82, 2.24) is 0 Å². The van der Waals surface area contributed by atoms with Gasteiger partial charge in [0, 0.05) is 12.5 Å². The molecule has 0 spiro atoms. The first-order chi connectivity index (χ1) is 11.9. The molecule has 0 unspecified atom stereocenters. The van der Waals surface area contributed by atoms with Crippen LogP contribution in [-0.2, 0) is 33.4 Å². The topological polar surface area (TPSA) is 96.0 Å². The van der Waals surface area contributed by atoms with Gasteiger partial charge < -0.3 is 14.2 Å². The summed E-state index contributed by atoms with van der Waals surface area (Å²) in [4.78, 5) is 47.9. The molecule has 7 nitrogen and oxygen atoms in total. The number of ketones is 1. The van der Waals surface area contributed by atoms with Gasteiger partial charge in [-0.2, -0.15) is 0 Å². The van der Waals surface area contributed by atoms with Crippen LogP contribution in [0.3, 0.4) is 0 Å². The Balaban J connectivity index is 5.67. The van der Waals surface area contributed by atoms with Crippen LogP contribution < -0.4 is 0 Å². The summed E-state index contributed by atoms with van der Waals surface area (Å²) in [6, 6.07) is 0. The molecule has 0 N–H and O–H groups in total. The lowest BCUT2D eigenvalue weighted by Gasteiger charge is -2.27. The van der Waals surface area contributed by atoms with E-state index in [4.69, 9.17) is 9.47 Å². The third kappa shape index (κ3) is 7.21. The molecule has 138 valence electrons. The lowest BCUT2D eigenvalue weighted by atomic mass is 9.79. The standard InChI is InChI=1S/C18H24O7/c1-5-9-14(19)11-13-18(16(21)24-6-2,17(22)25-7-3)12-8-10-15(20)23-4/h8,10H,6-7,11-13H2,1-4H3/b10-8+. The molecular weight excluding hydrogens is 328 g/mol.